The Labute approximate surface area is 59.8 Å². The van der Waals surface area contributed by atoms with E-state index >= 15 is 0 Å². The lowest BCUT2D eigenvalue weighted by Crippen LogP contribution is -2.37. The molecule has 1 N–H and O–H groups in total. The van der Waals surface area contributed by atoms with Gasteiger partial charge in [-0.2, -0.15) is 17.2 Å². The van der Waals surface area contributed by atoms with Crippen LogP contribution in [0.3, 0.4) is 0 Å². The third kappa shape index (κ3) is 1.90. The second-order valence-electron chi connectivity index (χ2n) is 1.54. The predicted octanol–water partition coefficient (Wildman–Crippen LogP) is -0.560. The van der Waals surface area contributed by atoms with Gasteiger partial charge in [0.2, 0.25) is 5.78 Å². The normalized spacial score (nSPS) is 13.1. The van der Waals surface area contributed by atoms with Crippen molar-refractivity contribution in [2.45, 2.75) is 5.25 Å². The quantitative estimate of drug-likeness (QED) is 0.608. The van der Waals surface area contributed by atoms with Gasteiger partial charge in [-0.25, -0.2) is 0 Å². The molecule has 4 nitrogen and oxygen atoms in total. The van der Waals surface area contributed by atoms with Crippen LogP contribution in [0.15, 0.2) is 0 Å². The average molecular weight is 192 g/mol. The monoisotopic (exact) mass is 192 g/mol. The van der Waals surface area contributed by atoms with Crippen molar-refractivity contribution in [2.24, 2.45) is 0 Å². The van der Waals surface area contributed by atoms with Crippen LogP contribution in [0, 0.1) is 0 Å². The standard InChI is InChI=1S/C3H3F3O4S/c4-3(5,2(8)1-7)11(6,9)10/h7H,1H2. The number of hydrogen-bond donors (Lipinski definition) is 1. The highest BCUT2D eigenvalue weighted by molar-refractivity contribution is 7.88. The topological polar surface area (TPSA) is 71.4 Å². The molecule has 0 aromatic carbocycles. The molecule has 8 heteroatoms. The summed E-state index contributed by atoms with van der Waals surface area (Å²) >= 11 is 0. The van der Waals surface area contributed by atoms with Crippen LogP contribution < -0.4 is 0 Å². The molecule has 0 bridgehead atoms. The molecule has 0 fully saturated rings. The molecular weight excluding hydrogens is 189 g/mol. The molecule has 0 aromatic heterocycles. The summed E-state index contributed by atoms with van der Waals surface area (Å²) in [4.78, 5) is 9.86. The van der Waals surface area contributed by atoms with Crippen molar-refractivity contribution in [1.29, 1.82) is 0 Å². The first-order valence-electron chi connectivity index (χ1n) is 2.19. The van der Waals surface area contributed by atoms with E-state index in [4.69, 9.17) is 5.11 Å². The summed E-state index contributed by atoms with van der Waals surface area (Å²) in [6.07, 6.45) is 0. The van der Waals surface area contributed by atoms with Gasteiger partial charge in [-0.1, -0.05) is 3.89 Å². The van der Waals surface area contributed by atoms with E-state index in [1.54, 1.807) is 0 Å². The number of ketones is 1. The van der Waals surface area contributed by atoms with E-state index in [0.29, 0.717) is 0 Å². The Morgan fingerprint density at radius 1 is 1.45 bits per heavy atom. The Balaban J connectivity index is 4.90. The molecule has 0 unspecified atom stereocenters. The summed E-state index contributed by atoms with van der Waals surface area (Å²) in [6, 6.07) is 0. The maximum atomic E-state index is 11.9. The summed E-state index contributed by atoms with van der Waals surface area (Å²) < 4.78 is 54.2. The van der Waals surface area contributed by atoms with Gasteiger partial charge in [0.1, 0.15) is 6.61 Å². The highest BCUT2D eigenvalue weighted by Gasteiger charge is 2.52. The molecule has 0 saturated carbocycles. The minimum absolute atomic E-state index is 1.73. The number of carbonyl (C=O) groups is 1. The molecule has 0 saturated heterocycles. The summed E-state index contributed by atoms with van der Waals surface area (Å²) in [5, 5.41) is 2.64. The highest BCUT2D eigenvalue weighted by atomic mass is 32.3. The number of carbonyl (C=O) groups excluding carboxylic acids is 1. The molecule has 0 heterocycles. The minimum Gasteiger partial charge on any atom is -0.388 e. The van der Waals surface area contributed by atoms with Crippen LogP contribution >= 0.6 is 0 Å². The smallest absolute Gasteiger partial charge is 0.388 e. The molecule has 66 valence electrons. The SMILES string of the molecule is O=C(CO)C(F)(F)S(=O)(=O)F. The van der Waals surface area contributed by atoms with E-state index in [1.807, 2.05) is 0 Å². The zero-order chi connectivity index (χ0) is 9.28. The predicted molar refractivity (Wildman–Crippen MR) is 27.1 cm³/mol. The Morgan fingerprint density at radius 2 is 1.82 bits per heavy atom. The van der Waals surface area contributed by atoms with E-state index in [0.717, 1.165) is 0 Å². The first kappa shape index (κ1) is 10.4. The lowest BCUT2D eigenvalue weighted by atomic mass is 10.4. The molecular formula is C3H3F3O4S. The summed E-state index contributed by atoms with van der Waals surface area (Å²) in [6.45, 7) is -1.73. The molecule has 0 aliphatic heterocycles. The largest absolute Gasteiger partial charge is 0.433 e. The number of alkyl halides is 2. The maximum absolute atomic E-state index is 11.9. The summed E-state index contributed by atoms with van der Waals surface area (Å²) in [5.74, 6) is -2.39. The molecule has 0 rings (SSSR count). The van der Waals surface area contributed by atoms with Gasteiger partial charge in [-0.15, -0.1) is 0 Å². The number of aliphatic hydroxyl groups is 1. The van der Waals surface area contributed by atoms with E-state index in [2.05, 4.69) is 0 Å². The molecule has 0 radical (unpaired) electrons. The Hall–Kier alpha value is -0.630. The van der Waals surface area contributed by atoms with Gasteiger partial charge in [0.05, 0.1) is 0 Å². The molecule has 0 aliphatic rings. The van der Waals surface area contributed by atoms with Crippen molar-refractivity contribution >= 4 is 16.0 Å². The van der Waals surface area contributed by atoms with Crippen LogP contribution in [0.25, 0.3) is 0 Å². The van der Waals surface area contributed by atoms with Crippen molar-refractivity contribution in [2.75, 3.05) is 6.61 Å². The number of halogens is 3. The second kappa shape index (κ2) is 2.78. The fourth-order valence-electron chi connectivity index (χ4n) is 0.228. The molecule has 0 atom stereocenters. The van der Waals surface area contributed by atoms with Gasteiger partial charge in [0, 0.05) is 0 Å². The number of rotatable bonds is 3. The van der Waals surface area contributed by atoms with E-state index < -0.39 is 27.9 Å². The van der Waals surface area contributed by atoms with Crippen LogP contribution in [0.4, 0.5) is 12.7 Å². The zero-order valence-electron chi connectivity index (χ0n) is 4.92. The van der Waals surface area contributed by atoms with Crippen LogP contribution in [0.1, 0.15) is 0 Å². The van der Waals surface area contributed by atoms with Gasteiger partial charge >= 0.3 is 15.5 Å². The van der Waals surface area contributed by atoms with Crippen LogP contribution in [-0.2, 0) is 15.0 Å². The molecule has 0 aliphatic carbocycles. The lowest BCUT2D eigenvalue weighted by molar-refractivity contribution is -0.136. The number of aliphatic hydroxyl groups excluding tert-OH is 1. The minimum atomic E-state index is -6.26. The third-order valence-electron chi connectivity index (χ3n) is 0.774. The first-order chi connectivity index (χ1) is 4.73. The van der Waals surface area contributed by atoms with Gasteiger partial charge in [-0.05, 0) is 0 Å². The van der Waals surface area contributed by atoms with E-state index in [9.17, 15) is 25.9 Å². The van der Waals surface area contributed by atoms with Gasteiger partial charge in [-0.3, -0.25) is 4.79 Å². The summed E-state index contributed by atoms with van der Waals surface area (Å²) in [7, 11) is -6.26. The molecule has 11 heavy (non-hydrogen) atoms. The Morgan fingerprint density at radius 3 is 1.91 bits per heavy atom. The van der Waals surface area contributed by atoms with Gasteiger partial charge in [0.15, 0.2) is 0 Å². The summed E-state index contributed by atoms with van der Waals surface area (Å²) in [5.41, 5.74) is 0. The molecule has 0 spiro atoms. The van der Waals surface area contributed by atoms with Gasteiger partial charge in [0.25, 0.3) is 0 Å². The number of hydrogen-bond acceptors (Lipinski definition) is 4. The lowest BCUT2D eigenvalue weighted by Gasteiger charge is -2.06. The van der Waals surface area contributed by atoms with Crippen molar-refractivity contribution in [1.82, 2.24) is 0 Å². The number of Topliss-reactive ketones (excluding diaryl/α,β-unsaturated/α-hetero) is 1. The van der Waals surface area contributed by atoms with Crippen LogP contribution in [-0.4, -0.2) is 31.2 Å². The van der Waals surface area contributed by atoms with E-state index in [1.165, 1.54) is 0 Å². The third-order valence-corrected chi connectivity index (χ3v) is 1.61. The van der Waals surface area contributed by atoms with Crippen molar-refractivity contribution in [3.63, 3.8) is 0 Å². The second-order valence-corrected chi connectivity index (χ2v) is 2.92. The fourth-order valence-corrected chi connectivity index (χ4v) is 0.565. The average Bonchev–Trinajstić information content (AvgIpc) is 1.83. The van der Waals surface area contributed by atoms with Crippen molar-refractivity contribution < 1.29 is 31.0 Å². The van der Waals surface area contributed by atoms with Crippen LogP contribution in [0.5, 0.6) is 0 Å². The van der Waals surface area contributed by atoms with Gasteiger partial charge < -0.3 is 5.11 Å². The van der Waals surface area contributed by atoms with Crippen molar-refractivity contribution in [3.05, 3.63) is 0 Å². The highest BCUT2D eigenvalue weighted by Crippen LogP contribution is 2.23. The first-order valence-corrected chi connectivity index (χ1v) is 3.58. The molecule has 0 amide bonds. The molecule has 0 aromatic rings. The van der Waals surface area contributed by atoms with Crippen molar-refractivity contribution in [3.8, 4) is 0 Å². The van der Waals surface area contributed by atoms with Crippen LogP contribution in [0.2, 0.25) is 0 Å². The Bertz CT molecular complexity index is 256. The van der Waals surface area contributed by atoms with E-state index in [-0.39, 0.29) is 0 Å². The zero-order valence-corrected chi connectivity index (χ0v) is 5.74. The Kier molecular flexibility index (Phi) is 2.62. The fraction of sp³-hybridized carbons (Fsp3) is 0.667. The maximum Gasteiger partial charge on any atom is 0.433 e.